The molecule has 0 atom stereocenters. The van der Waals surface area contributed by atoms with Crippen LogP contribution in [0.2, 0.25) is 0 Å². The van der Waals surface area contributed by atoms with Gasteiger partial charge in [-0.15, -0.1) is 0 Å². The van der Waals surface area contributed by atoms with Crippen LogP contribution >= 0.6 is 0 Å². The van der Waals surface area contributed by atoms with E-state index in [0.29, 0.717) is 0 Å². The van der Waals surface area contributed by atoms with Gasteiger partial charge < -0.3 is 10.2 Å². The number of benzene rings is 2. The third-order valence-electron chi connectivity index (χ3n) is 3.20. The first-order valence-electron chi connectivity index (χ1n) is 7.93. The first-order valence-corrected chi connectivity index (χ1v) is 7.93. The summed E-state index contributed by atoms with van der Waals surface area (Å²) in [6.45, 7) is 0. The summed E-state index contributed by atoms with van der Waals surface area (Å²) in [6, 6.07) is 14.6. The summed E-state index contributed by atoms with van der Waals surface area (Å²) in [7, 11) is 0. The van der Waals surface area contributed by atoms with Gasteiger partial charge in [-0.25, -0.2) is 0 Å². The third kappa shape index (κ3) is 10.0. The van der Waals surface area contributed by atoms with Crippen LogP contribution in [0.25, 0.3) is 11.5 Å². The molecule has 0 aliphatic carbocycles. The van der Waals surface area contributed by atoms with E-state index in [1.165, 1.54) is 48.5 Å². The number of alkyl halides is 6. The van der Waals surface area contributed by atoms with Gasteiger partial charge in [0.1, 0.15) is 0 Å². The van der Waals surface area contributed by atoms with Gasteiger partial charge in [-0.1, -0.05) is 72.2 Å². The Balaban J connectivity index is 0.000000562. The van der Waals surface area contributed by atoms with Crippen molar-refractivity contribution in [1.82, 2.24) is 0 Å². The molecule has 31 heavy (non-hydrogen) atoms. The van der Waals surface area contributed by atoms with Crippen LogP contribution in [0, 0.1) is 0 Å². The summed E-state index contributed by atoms with van der Waals surface area (Å²) in [6.07, 6.45) is -9.89. The van der Waals surface area contributed by atoms with Gasteiger partial charge in [0.15, 0.2) is 0 Å². The van der Waals surface area contributed by atoms with Gasteiger partial charge in [0.2, 0.25) is 0 Å². The zero-order chi connectivity index (χ0) is 22.9. The molecular formula is C20H12CoF6O4. The summed E-state index contributed by atoms with van der Waals surface area (Å²) >= 11 is 0. The first-order chi connectivity index (χ1) is 13.8. The number of allylic oxidation sites excluding steroid dienone is 2. The summed E-state index contributed by atoms with van der Waals surface area (Å²) < 4.78 is 70.8. The second-order valence-corrected chi connectivity index (χ2v) is 5.47. The van der Waals surface area contributed by atoms with Crippen LogP contribution in [-0.2, 0) is 26.4 Å². The second kappa shape index (κ2) is 12.0. The van der Waals surface area contributed by atoms with E-state index in [9.17, 15) is 46.1 Å². The minimum atomic E-state index is -5.00. The number of halogens is 6. The van der Waals surface area contributed by atoms with Crippen molar-refractivity contribution < 1.29 is 62.9 Å². The Hall–Kier alpha value is -3.05. The van der Waals surface area contributed by atoms with Crippen LogP contribution in [0.3, 0.4) is 0 Å². The molecule has 0 N–H and O–H groups in total. The van der Waals surface area contributed by atoms with Gasteiger partial charge in [0.25, 0.3) is 11.6 Å². The molecule has 167 valence electrons. The molecule has 0 saturated heterocycles. The number of rotatable bonds is 4. The molecule has 11 heteroatoms. The predicted octanol–water partition coefficient (Wildman–Crippen LogP) is 3.04. The maximum absolute atomic E-state index is 11.8. The molecule has 0 aliphatic rings. The first kappa shape index (κ1) is 27.9. The van der Waals surface area contributed by atoms with Crippen molar-refractivity contribution in [3.8, 4) is 0 Å². The molecule has 0 heterocycles. The van der Waals surface area contributed by atoms with Gasteiger partial charge in [0, 0.05) is 0 Å². The maximum atomic E-state index is 11.8. The van der Waals surface area contributed by atoms with Crippen LogP contribution in [-0.4, -0.2) is 23.9 Å². The minimum Gasteiger partial charge on any atom is -0.872 e. The van der Waals surface area contributed by atoms with E-state index >= 15 is 0 Å². The van der Waals surface area contributed by atoms with E-state index in [1.807, 2.05) is 0 Å². The monoisotopic (exact) mass is 489 g/mol. The van der Waals surface area contributed by atoms with Crippen molar-refractivity contribution >= 4 is 23.1 Å². The van der Waals surface area contributed by atoms with Crippen molar-refractivity contribution in [3.05, 3.63) is 83.9 Å². The van der Waals surface area contributed by atoms with Crippen molar-refractivity contribution in [2.75, 3.05) is 0 Å². The zero-order valence-electron chi connectivity index (χ0n) is 15.2. The zero-order valence-corrected chi connectivity index (χ0v) is 16.2. The van der Waals surface area contributed by atoms with Crippen molar-refractivity contribution in [2.45, 2.75) is 12.4 Å². The summed E-state index contributed by atoms with van der Waals surface area (Å²) in [5.41, 5.74) is 0.102. The molecule has 2 rings (SSSR count). The Kier molecular flexibility index (Phi) is 10.8. The Labute approximate surface area is 182 Å². The average Bonchev–Trinajstić information content (AvgIpc) is 2.68. The number of hydrogen-bond donors (Lipinski definition) is 0. The van der Waals surface area contributed by atoms with E-state index in [-0.39, 0.29) is 40.1 Å². The molecule has 4 nitrogen and oxygen atoms in total. The molecule has 0 fully saturated rings. The molecule has 0 spiro atoms. The predicted molar refractivity (Wildman–Crippen MR) is 91.0 cm³/mol. The average molecular weight is 489 g/mol. The fourth-order valence-corrected chi connectivity index (χ4v) is 1.77. The van der Waals surface area contributed by atoms with E-state index in [2.05, 4.69) is 0 Å². The van der Waals surface area contributed by atoms with E-state index in [4.69, 9.17) is 0 Å². The number of carbonyl (C=O) groups is 2. The van der Waals surface area contributed by atoms with Crippen LogP contribution in [0.15, 0.2) is 72.8 Å². The Morgan fingerprint density at radius 2 is 0.871 bits per heavy atom. The molecule has 0 unspecified atom stereocenters. The van der Waals surface area contributed by atoms with Gasteiger partial charge >= 0.3 is 29.1 Å². The molecule has 1 radical (unpaired) electrons. The Morgan fingerprint density at radius 3 is 1.10 bits per heavy atom. The van der Waals surface area contributed by atoms with E-state index in [1.54, 1.807) is 12.1 Å². The topological polar surface area (TPSA) is 80.3 Å². The van der Waals surface area contributed by atoms with Crippen molar-refractivity contribution in [2.24, 2.45) is 0 Å². The van der Waals surface area contributed by atoms with Crippen LogP contribution < -0.4 is 10.2 Å². The van der Waals surface area contributed by atoms with Crippen LogP contribution in [0.5, 0.6) is 0 Å². The molecule has 2 aromatic rings. The standard InChI is InChI=1S/2C10H7F3O2.Co/c2*11-10(12,13)9(15)6-8(14)7-4-2-1-3-5-7;/h2*1-6,14H;/q;;+2/p-2/b2*8-6-;. The molecule has 0 bridgehead atoms. The van der Waals surface area contributed by atoms with Gasteiger partial charge in [-0.3, -0.25) is 9.59 Å². The number of carbonyl (C=O) groups excluding carboxylic acids is 2. The number of hydrogen-bond acceptors (Lipinski definition) is 4. The van der Waals surface area contributed by atoms with E-state index in [0.717, 1.165) is 0 Å². The van der Waals surface area contributed by atoms with Crippen molar-refractivity contribution in [1.29, 1.82) is 0 Å². The smallest absolute Gasteiger partial charge is 0.872 e. The van der Waals surface area contributed by atoms with Gasteiger partial charge in [0.05, 0.1) is 0 Å². The Morgan fingerprint density at radius 1 is 0.613 bits per heavy atom. The fourth-order valence-electron chi connectivity index (χ4n) is 1.77. The third-order valence-corrected chi connectivity index (χ3v) is 3.20. The normalized spacial score (nSPS) is 12.2. The van der Waals surface area contributed by atoms with Crippen molar-refractivity contribution in [3.63, 3.8) is 0 Å². The molecule has 0 saturated carbocycles. The summed E-state index contributed by atoms with van der Waals surface area (Å²) in [4.78, 5) is 20.9. The van der Waals surface area contributed by atoms with Gasteiger partial charge in [-0.05, 0) is 23.3 Å². The molecule has 0 amide bonds. The quantitative estimate of drug-likeness (QED) is 0.376. The molecule has 0 aromatic heterocycles. The minimum absolute atomic E-state index is 0. The van der Waals surface area contributed by atoms with Gasteiger partial charge in [-0.2, -0.15) is 26.3 Å². The summed E-state index contributed by atoms with van der Waals surface area (Å²) in [5, 5.41) is 22.3. The fraction of sp³-hybridized carbons (Fsp3) is 0.100. The van der Waals surface area contributed by atoms with Crippen LogP contribution in [0.4, 0.5) is 26.3 Å². The molecular weight excluding hydrogens is 477 g/mol. The molecule has 2 aromatic carbocycles. The van der Waals surface area contributed by atoms with E-state index < -0.39 is 35.4 Å². The molecule has 0 aliphatic heterocycles. The second-order valence-electron chi connectivity index (χ2n) is 5.47. The Bertz CT molecular complexity index is 843. The summed E-state index contributed by atoms with van der Waals surface area (Å²) in [5.74, 6) is -6.18. The largest absolute Gasteiger partial charge is 2.00 e. The number of ketones is 2. The SMILES string of the molecule is O=C(/C=C(\[O-])c1ccccc1)C(F)(F)F.O=C(/C=C(\[O-])c1ccccc1)C(F)(F)F.[Co+2]. The van der Waals surface area contributed by atoms with Crippen LogP contribution in [0.1, 0.15) is 11.1 Å². The maximum Gasteiger partial charge on any atom is 2.00 e.